The topological polar surface area (TPSA) is 23.8 Å². The molecule has 1 heterocycles. The van der Waals surface area contributed by atoms with E-state index in [1.54, 1.807) is 0 Å². The van der Waals surface area contributed by atoms with Crippen molar-refractivity contribution in [2.45, 2.75) is 20.3 Å². The van der Waals surface area contributed by atoms with Gasteiger partial charge in [0, 0.05) is 0 Å². The second-order valence-electron chi connectivity index (χ2n) is 2.19. The Hall–Kier alpha value is -0.810. The molecule has 0 atom stereocenters. The van der Waals surface area contributed by atoms with Crippen molar-refractivity contribution in [2.24, 2.45) is 0 Å². The zero-order chi connectivity index (χ0) is 7.56. The molecule has 0 saturated heterocycles. The molecule has 0 unspecified atom stereocenters. The molecule has 52 valence electrons. The molecule has 0 aliphatic carbocycles. The van der Waals surface area contributed by atoms with Gasteiger partial charge >= 0.3 is 0 Å². The lowest BCUT2D eigenvalue weighted by Crippen LogP contribution is -1.81. The van der Waals surface area contributed by atoms with Gasteiger partial charge in [0.05, 0.1) is 0 Å². The maximum Gasteiger partial charge on any atom is 0.110 e. The third-order valence-electron chi connectivity index (χ3n) is 1.56. The fraction of sp³-hybridized carbons (Fsp3) is 0.375. The Morgan fingerprint density at radius 3 is 2.80 bits per heavy atom. The summed E-state index contributed by atoms with van der Waals surface area (Å²) >= 11 is 1.54. The number of nitriles is 1. The summed E-state index contributed by atoms with van der Waals surface area (Å²) in [5.41, 5.74) is 2.47. The summed E-state index contributed by atoms with van der Waals surface area (Å²) in [6.07, 6.45) is 0.970. The fourth-order valence-corrected chi connectivity index (χ4v) is 1.94. The second kappa shape index (κ2) is 2.85. The molecule has 0 saturated carbocycles. The minimum Gasteiger partial charge on any atom is -0.192 e. The molecular weight excluding hydrogens is 142 g/mol. The van der Waals surface area contributed by atoms with Crippen LogP contribution in [-0.2, 0) is 6.42 Å². The van der Waals surface area contributed by atoms with E-state index in [1.807, 2.05) is 5.38 Å². The average Bonchev–Trinajstić information content (AvgIpc) is 2.30. The highest BCUT2D eigenvalue weighted by atomic mass is 32.1. The van der Waals surface area contributed by atoms with Crippen LogP contribution in [0.2, 0.25) is 0 Å². The van der Waals surface area contributed by atoms with Crippen LogP contribution < -0.4 is 0 Å². The molecule has 0 aromatic carbocycles. The Morgan fingerprint density at radius 1 is 1.70 bits per heavy atom. The van der Waals surface area contributed by atoms with Crippen LogP contribution in [0.1, 0.15) is 22.9 Å². The van der Waals surface area contributed by atoms with Crippen LogP contribution in [0.4, 0.5) is 0 Å². The summed E-state index contributed by atoms with van der Waals surface area (Å²) in [6, 6.07) is 2.19. The van der Waals surface area contributed by atoms with Crippen molar-refractivity contribution in [3.63, 3.8) is 0 Å². The molecule has 0 aliphatic heterocycles. The van der Waals surface area contributed by atoms with Crippen molar-refractivity contribution >= 4 is 11.3 Å². The summed E-state index contributed by atoms with van der Waals surface area (Å²) in [5, 5.41) is 10.7. The number of nitrogens with zero attached hydrogens (tertiary/aromatic N) is 1. The van der Waals surface area contributed by atoms with E-state index >= 15 is 0 Å². The Kier molecular flexibility index (Phi) is 2.08. The van der Waals surface area contributed by atoms with Gasteiger partial charge in [-0.05, 0) is 29.9 Å². The van der Waals surface area contributed by atoms with Crippen LogP contribution in [0.25, 0.3) is 0 Å². The van der Waals surface area contributed by atoms with E-state index in [0.29, 0.717) is 0 Å². The molecule has 0 N–H and O–H groups in total. The summed E-state index contributed by atoms with van der Waals surface area (Å²) in [4.78, 5) is 0.875. The van der Waals surface area contributed by atoms with E-state index in [-0.39, 0.29) is 0 Å². The summed E-state index contributed by atoms with van der Waals surface area (Å²) < 4.78 is 0. The van der Waals surface area contributed by atoms with E-state index in [2.05, 4.69) is 19.9 Å². The highest BCUT2D eigenvalue weighted by Gasteiger charge is 2.04. The van der Waals surface area contributed by atoms with Gasteiger partial charge in [0.1, 0.15) is 10.9 Å². The maximum atomic E-state index is 8.62. The highest BCUT2D eigenvalue weighted by Crippen LogP contribution is 2.20. The van der Waals surface area contributed by atoms with E-state index in [0.717, 1.165) is 11.3 Å². The lowest BCUT2D eigenvalue weighted by Gasteiger charge is -1.91. The largest absolute Gasteiger partial charge is 0.192 e. The summed E-state index contributed by atoms with van der Waals surface area (Å²) in [6.45, 7) is 4.13. The molecule has 0 spiro atoms. The number of hydrogen-bond donors (Lipinski definition) is 0. The monoisotopic (exact) mass is 151 g/mol. The molecule has 0 bridgehead atoms. The number of hydrogen-bond acceptors (Lipinski definition) is 2. The van der Waals surface area contributed by atoms with Gasteiger partial charge in [-0.15, -0.1) is 11.3 Å². The zero-order valence-corrected chi connectivity index (χ0v) is 6.96. The normalized spacial score (nSPS) is 9.30. The molecule has 0 fully saturated rings. The first-order valence-electron chi connectivity index (χ1n) is 3.26. The van der Waals surface area contributed by atoms with Crippen molar-refractivity contribution in [3.05, 3.63) is 21.4 Å². The van der Waals surface area contributed by atoms with Gasteiger partial charge in [0.25, 0.3) is 0 Å². The van der Waals surface area contributed by atoms with Crippen LogP contribution >= 0.6 is 11.3 Å². The first kappa shape index (κ1) is 7.30. The van der Waals surface area contributed by atoms with Crippen LogP contribution in [0.3, 0.4) is 0 Å². The second-order valence-corrected chi connectivity index (χ2v) is 3.07. The number of rotatable bonds is 1. The molecule has 1 aromatic heterocycles. The van der Waals surface area contributed by atoms with Gasteiger partial charge in [-0.25, -0.2) is 0 Å². The van der Waals surface area contributed by atoms with Gasteiger partial charge in [0.2, 0.25) is 0 Å². The predicted octanol–water partition coefficient (Wildman–Crippen LogP) is 2.49. The van der Waals surface area contributed by atoms with Crippen molar-refractivity contribution in [1.29, 1.82) is 5.26 Å². The molecule has 2 heteroatoms. The van der Waals surface area contributed by atoms with Gasteiger partial charge < -0.3 is 0 Å². The third kappa shape index (κ3) is 1.05. The van der Waals surface area contributed by atoms with Gasteiger partial charge in [-0.1, -0.05) is 6.92 Å². The minimum absolute atomic E-state index is 0.875. The Bertz CT molecular complexity index is 267. The first-order valence-corrected chi connectivity index (χ1v) is 4.14. The highest BCUT2D eigenvalue weighted by molar-refractivity contribution is 7.10. The lowest BCUT2D eigenvalue weighted by atomic mass is 10.1. The van der Waals surface area contributed by atoms with Gasteiger partial charge in [-0.2, -0.15) is 5.26 Å². The predicted molar refractivity (Wildman–Crippen MR) is 43.1 cm³/mol. The van der Waals surface area contributed by atoms with Crippen LogP contribution in [0.15, 0.2) is 5.38 Å². The third-order valence-corrected chi connectivity index (χ3v) is 2.60. The zero-order valence-electron chi connectivity index (χ0n) is 6.14. The van der Waals surface area contributed by atoms with Crippen molar-refractivity contribution in [1.82, 2.24) is 0 Å². The van der Waals surface area contributed by atoms with Crippen LogP contribution in [0.5, 0.6) is 0 Å². The van der Waals surface area contributed by atoms with E-state index in [4.69, 9.17) is 5.26 Å². The average molecular weight is 151 g/mol. The Balaban J connectivity index is 3.16. The molecule has 10 heavy (non-hydrogen) atoms. The lowest BCUT2D eigenvalue weighted by molar-refractivity contribution is 1.12. The fourth-order valence-electron chi connectivity index (χ4n) is 1.00. The SMILES string of the molecule is CCc1c(C)csc1C#N. The van der Waals surface area contributed by atoms with E-state index in [9.17, 15) is 0 Å². The van der Waals surface area contributed by atoms with Gasteiger partial charge in [-0.3, -0.25) is 0 Å². The minimum atomic E-state index is 0.875. The van der Waals surface area contributed by atoms with E-state index in [1.165, 1.54) is 22.5 Å². The van der Waals surface area contributed by atoms with Crippen molar-refractivity contribution in [3.8, 4) is 6.07 Å². The van der Waals surface area contributed by atoms with Crippen molar-refractivity contribution < 1.29 is 0 Å². The molecule has 1 nitrogen and oxygen atoms in total. The van der Waals surface area contributed by atoms with Crippen molar-refractivity contribution in [2.75, 3.05) is 0 Å². The number of thiophene rings is 1. The standard InChI is InChI=1S/C8H9NS/c1-3-7-6(2)5-10-8(7)4-9/h5H,3H2,1-2H3. The van der Waals surface area contributed by atoms with Crippen LogP contribution in [-0.4, -0.2) is 0 Å². The molecule has 0 aliphatic rings. The van der Waals surface area contributed by atoms with Gasteiger partial charge in [0.15, 0.2) is 0 Å². The smallest absolute Gasteiger partial charge is 0.110 e. The Morgan fingerprint density at radius 2 is 2.40 bits per heavy atom. The molecular formula is C8H9NS. The molecule has 1 aromatic rings. The summed E-state index contributed by atoms with van der Waals surface area (Å²) in [7, 11) is 0. The number of aryl methyl sites for hydroxylation is 1. The summed E-state index contributed by atoms with van der Waals surface area (Å²) in [5.74, 6) is 0. The molecule has 0 radical (unpaired) electrons. The molecule has 1 rings (SSSR count). The quantitative estimate of drug-likeness (QED) is 0.605. The Labute approximate surface area is 64.9 Å². The maximum absolute atomic E-state index is 8.62. The van der Waals surface area contributed by atoms with E-state index < -0.39 is 0 Å². The molecule has 0 amide bonds. The van der Waals surface area contributed by atoms with Crippen LogP contribution in [0, 0.1) is 18.3 Å². The first-order chi connectivity index (χ1) is 4.79.